The molecule has 1 saturated carbocycles. The highest BCUT2D eigenvalue weighted by Gasteiger charge is 2.36. The van der Waals surface area contributed by atoms with Gasteiger partial charge in [0.15, 0.2) is 0 Å². The first-order chi connectivity index (χ1) is 11.6. The molecule has 1 N–H and O–H groups in total. The summed E-state index contributed by atoms with van der Waals surface area (Å²) in [6, 6.07) is 3.95. The van der Waals surface area contributed by atoms with Gasteiger partial charge in [0.2, 0.25) is 5.91 Å². The van der Waals surface area contributed by atoms with Gasteiger partial charge in [0.1, 0.15) is 0 Å². The molecule has 0 aromatic carbocycles. The number of hydrogen-bond donors (Lipinski definition) is 1. The van der Waals surface area contributed by atoms with Gasteiger partial charge in [0.05, 0.1) is 11.8 Å². The Labute approximate surface area is 141 Å². The highest BCUT2D eigenvalue weighted by Crippen LogP contribution is 2.31. The topological polar surface area (TPSA) is 71.2 Å². The molecule has 24 heavy (non-hydrogen) atoms. The Hall–Kier alpha value is -2.21. The van der Waals surface area contributed by atoms with Gasteiger partial charge in [0, 0.05) is 61.7 Å². The van der Waals surface area contributed by atoms with Crippen molar-refractivity contribution in [2.45, 2.75) is 31.8 Å². The second-order valence-corrected chi connectivity index (χ2v) is 6.79. The zero-order valence-corrected chi connectivity index (χ0v) is 13.9. The number of carbonyl (C=O) groups is 1. The largest absolute Gasteiger partial charge is 0.393 e. The number of pyridine rings is 1. The van der Waals surface area contributed by atoms with E-state index in [2.05, 4.69) is 10.1 Å². The van der Waals surface area contributed by atoms with E-state index < -0.39 is 0 Å². The molecule has 6 nitrogen and oxygen atoms in total. The zero-order chi connectivity index (χ0) is 16.7. The smallest absolute Gasteiger partial charge is 0.225 e. The quantitative estimate of drug-likeness (QED) is 0.899. The van der Waals surface area contributed by atoms with Crippen molar-refractivity contribution in [2.24, 2.45) is 13.0 Å². The van der Waals surface area contributed by atoms with E-state index in [-0.39, 0.29) is 17.9 Å². The Balaban J connectivity index is 1.56. The average molecular weight is 326 g/mol. The SMILES string of the molecule is Cn1nc(-c2cccnc2)c2c1CCN(C(=O)C1CC(O)C1)CC2. The normalized spacial score (nSPS) is 23.3. The first-order valence-electron chi connectivity index (χ1n) is 8.55. The molecule has 6 heteroatoms. The van der Waals surface area contributed by atoms with Crippen LogP contribution in [0, 0.1) is 5.92 Å². The van der Waals surface area contributed by atoms with Crippen LogP contribution < -0.4 is 0 Å². The summed E-state index contributed by atoms with van der Waals surface area (Å²) in [4.78, 5) is 18.7. The number of amides is 1. The number of nitrogens with zero attached hydrogens (tertiary/aromatic N) is 4. The average Bonchev–Trinajstić information content (AvgIpc) is 2.75. The van der Waals surface area contributed by atoms with Crippen molar-refractivity contribution in [1.82, 2.24) is 19.7 Å². The third kappa shape index (κ3) is 2.60. The monoisotopic (exact) mass is 326 g/mol. The molecule has 126 valence electrons. The second-order valence-electron chi connectivity index (χ2n) is 6.79. The van der Waals surface area contributed by atoms with E-state index >= 15 is 0 Å². The lowest BCUT2D eigenvalue weighted by Gasteiger charge is -2.34. The van der Waals surface area contributed by atoms with Crippen molar-refractivity contribution in [3.63, 3.8) is 0 Å². The maximum absolute atomic E-state index is 12.6. The van der Waals surface area contributed by atoms with Gasteiger partial charge in [-0.15, -0.1) is 0 Å². The molecular weight excluding hydrogens is 304 g/mol. The van der Waals surface area contributed by atoms with Gasteiger partial charge in [-0.3, -0.25) is 14.5 Å². The van der Waals surface area contributed by atoms with Crippen molar-refractivity contribution < 1.29 is 9.90 Å². The number of rotatable bonds is 2. The molecule has 1 fully saturated rings. The van der Waals surface area contributed by atoms with Crippen molar-refractivity contribution in [3.8, 4) is 11.3 Å². The Morgan fingerprint density at radius 3 is 2.79 bits per heavy atom. The molecule has 1 aliphatic carbocycles. The molecule has 0 atom stereocenters. The lowest BCUT2D eigenvalue weighted by atomic mass is 9.81. The predicted octanol–water partition coefficient (Wildman–Crippen LogP) is 1.18. The van der Waals surface area contributed by atoms with E-state index in [1.807, 2.05) is 35.0 Å². The first kappa shape index (κ1) is 15.3. The standard InChI is InChI=1S/C18H22N4O2/c1-21-16-5-8-22(18(24)13-9-14(23)10-13)7-4-15(16)17(20-21)12-3-2-6-19-11-12/h2-3,6,11,13-14,23H,4-5,7-10H2,1H3. The van der Waals surface area contributed by atoms with E-state index in [1.165, 1.54) is 11.3 Å². The molecule has 1 aliphatic heterocycles. The fourth-order valence-electron chi connectivity index (χ4n) is 3.78. The summed E-state index contributed by atoms with van der Waals surface area (Å²) in [7, 11) is 1.97. The summed E-state index contributed by atoms with van der Waals surface area (Å²) in [5.74, 6) is 0.209. The van der Waals surface area contributed by atoms with Crippen LogP contribution >= 0.6 is 0 Å². The van der Waals surface area contributed by atoms with Crippen LogP contribution in [0.25, 0.3) is 11.3 Å². The van der Waals surface area contributed by atoms with Crippen LogP contribution in [0.15, 0.2) is 24.5 Å². The number of aromatic nitrogens is 3. The molecule has 0 radical (unpaired) electrons. The third-order valence-corrected chi connectivity index (χ3v) is 5.23. The van der Waals surface area contributed by atoms with Crippen molar-refractivity contribution >= 4 is 5.91 Å². The Kier molecular flexibility index (Phi) is 3.84. The number of hydrogen-bond acceptors (Lipinski definition) is 4. The van der Waals surface area contributed by atoms with E-state index in [9.17, 15) is 9.90 Å². The summed E-state index contributed by atoms with van der Waals surface area (Å²) < 4.78 is 1.94. The van der Waals surface area contributed by atoms with E-state index in [4.69, 9.17) is 0 Å². The molecule has 2 aromatic heterocycles. The van der Waals surface area contributed by atoms with Gasteiger partial charge in [-0.05, 0) is 31.4 Å². The molecule has 0 bridgehead atoms. The van der Waals surface area contributed by atoms with Crippen LogP contribution in [-0.4, -0.2) is 49.9 Å². The number of carbonyl (C=O) groups excluding carboxylic acids is 1. The molecule has 0 unspecified atom stereocenters. The molecule has 3 heterocycles. The Bertz CT molecular complexity index is 750. The maximum Gasteiger partial charge on any atom is 0.225 e. The predicted molar refractivity (Wildman–Crippen MR) is 89.2 cm³/mol. The number of aryl methyl sites for hydroxylation is 1. The van der Waals surface area contributed by atoms with Gasteiger partial charge in [-0.1, -0.05) is 0 Å². The maximum atomic E-state index is 12.6. The highest BCUT2D eigenvalue weighted by atomic mass is 16.3. The molecule has 4 rings (SSSR count). The second kappa shape index (κ2) is 6.02. The summed E-state index contributed by atoms with van der Waals surface area (Å²) in [6.45, 7) is 1.45. The zero-order valence-electron chi connectivity index (χ0n) is 13.9. The molecular formula is C18H22N4O2. The van der Waals surface area contributed by atoms with E-state index in [1.54, 1.807) is 6.20 Å². The molecule has 2 aliphatic rings. The van der Waals surface area contributed by atoms with Crippen LogP contribution in [0.1, 0.15) is 24.1 Å². The van der Waals surface area contributed by atoms with Gasteiger partial charge in [-0.25, -0.2) is 0 Å². The number of aliphatic hydroxyl groups is 1. The lowest BCUT2D eigenvalue weighted by Crippen LogP contribution is -2.44. The van der Waals surface area contributed by atoms with Gasteiger partial charge in [-0.2, -0.15) is 5.10 Å². The summed E-state index contributed by atoms with van der Waals surface area (Å²) >= 11 is 0. The van der Waals surface area contributed by atoms with E-state index in [0.717, 1.165) is 37.2 Å². The summed E-state index contributed by atoms with van der Waals surface area (Å²) in [5.41, 5.74) is 4.44. The van der Waals surface area contributed by atoms with Crippen molar-refractivity contribution in [1.29, 1.82) is 0 Å². The van der Waals surface area contributed by atoms with Gasteiger partial charge >= 0.3 is 0 Å². The summed E-state index contributed by atoms with van der Waals surface area (Å²) in [6.07, 6.45) is 6.18. The van der Waals surface area contributed by atoms with Crippen LogP contribution in [-0.2, 0) is 24.7 Å². The van der Waals surface area contributed by atoms with Crippen LogP contribution in [0.5, 0.6) is 0 Å². The number of fused-ring (bicyclic) bond motifs is 1. The molecule has 2 aromatic rings. The Morgan fingerprint density at radius 1 is 1.29 bits per heavy atom. The Morgan fingerprint density at radius 2 is 2.08 bits per heavy atom. The third-order valence-electron chi connectivity index (χ3n) is 5.23. The minimum atomic E-state index is -0.287. The molecule has 0 saturated heterocycles. The fourth-order valence-corrected chi connectivity index (χ4v) is 3.78. The highest BCUT2D eigenvalue weighted by molar-refractivity contribution is 5.80. The van der Waals surface area contributed by atoms with E-state index in [0.29, 0.717) is 12.8 Å². The van der Waals surface area contributed by atoms with Gasteiger partial charge < -0.3 is 10.0 Å². The minimum Gasteiger partial charge on any atom is -0.393 e. The van der Waals surface area contributed by atoms with Gasteiger partial charge in [0.25, 0.3) is 0 Å². The van der Waals surface area contributed by atoms with Crippen LogP contribution in [0.4, 0.5) is 0 Å². The first-order valence-corrected chi connectivity index (χ1v) is 8.55. The van der Waals surface area contributed by atoms with Crippen LogP contribution in [0.2, 0.25) is 0 Å². The van der Waals surface area contributed by atoms with Crippen LogP contribution in [0.3, 0.4) is 0 Å². The number of aliphatic hydroxyl groups excluding tert-OH is 1. The molecule has 0 spiro atoms. The fraction of sp³-hybridized carbons (Fsp3) is 0.500. The molecule has 1 amide bonds. The van der Waals surface area contributed by atoms with Crippen molar-refractivity contribution in [2.75, 3.05) is 13.1 Å². The lowest BCUT2D eigenvalue weighted by molar-refractivity contribution is -0.142. The summed E-state index contributed by atoms with van der Waals surface area (Å²) in [5, 5.41) is 14.1. The minimum absolute atomic E-state index is 0.0112. The van der Waals surface area contributed by atoms with Crippen molar-refractivity contribution in [3.05, 3.63) is 35.8 Å².